The highest BCUT2D eigenvalue weighted by molar-refractivity contribution is 6.22. The van der Waals surface area contributed by atoms with E-state index in [4.69, 9.17) is 14.2 Å². The number of hydrogen-bond acceptors (Lipinski definition) is 6. The van der Waals surface area contributed by atoms with E-state index >= 15 is 0 Å². The lowest BCUT2D eigenvalue weighted by molar-refractivity contribution is -0.188. The van der Waals surface area contributed by atoms with Gasteiger partial charge in [-0.25, -0.2) is 4.90 Å². The number of amides is 2. The second kappa shape index (κ2) is 7.83. The Morgan fingerprint density at radius 2 is 1.50 bits per heavy atom. The number of nitrogens with zero attached hydrogens (tertiary/aromatic N) is 2. The summed E-state index contributed by atoms with van der Waals surface area (Å²) in [5.74, 6) is 0.558. The molecule has 5 rings (SSSR count). The molecule has 0 N–H and O–H groups in total. The van der Waals surface area contributed by atoms with Gasteiger partial charge in [-0.15, -0.1) is 0 Å². The lowest BCUT2D eigenvalue weighted by atomic mass is 10.0. The van der Waals surface area contributed by atoms with Crippen LogP contribution in [0.3, 0.4) is 0 Å². The van der Waals surface area contributed by atoms with Crippen LogP contribution >= 0.6 is 0 Å². The molecule has 30 heavy (non-hydrogen) atoms. The Hall–Kier alpha value is -2.74. The maximum Gasteiger partial charge on any atom is 0.251 e. The van der Waals surface area contributed by atoms with E-state index in [1.54, 1.807) is 24.3 Å². The van der Waals surface area contributed by atoms with Crippen LogP contribution < -0.4 is 9.64 Å². The molecular formula is C23H24N2O5. The highest BCUT2D eigenvalue weighted by Crippen LogP contribution is 2.35. The zero-order chi connectivity index (χ0) is 20.6. The van der Waals surface area contributed by atoms with Gasteiger partial charge >= 0.3 is 0 Å². The van der Waals surface area contributed by atoms with E-state index in [1.165, 1.54) is 4.90 Å². The summed E-state index contributed by atoms with van der Waals surface area (Å²) in [7, 11) is 0. The van der Waals surface area contributed by atoms with E-state index in [0.717, 1.165) is 18.6 Å². The van der Waals surface area contributed by atoms with Crippen molar-refractivity contribution in [2.75, 3.05) is 31.2 Å². The standard InChI is InChI=1S/C23H24N2O5/c26-21-16-20(24-12-10-23(11-13-24)28-14-15-29-23)22(27)25(21)17-6-8-19(9-7-17)30-18-4-2-1-3-5-18/h1-9,20H,10-16H2. The van der Waals surface area contributed by atoms with Crippen molar-refractivity contribution in [3.8, 4) is 11.5 Å². The summed E-state index contributed by atoms with van der Waals surface area (Å²) in [6, 6.07) is 16.1. The van der Waals surface area contributed by atoms with Gasteiger partial charge in [0, 0.05) is 25.9 Å². The number of ether oxygens (including phenoxy) is 3. The van der Waals surface area contributed by atoms with Crippen LogP contribution in [-0.2, 0) is 19.1 Å². The Labute approximate surface area is 175 Å². The van der Waals surface area contributed by atoms with Crippen LogP contribution in [0.15, 0.2) is 54.6 Å². The fourth-order valence-corrected chi connectivity index (χ4v) is 4.42. The summed E-state index contributed by atoms with van der Waals surface area (Å²) in [4.78, 5) is 29.1. The molecule has 3 aliphatic heterocycles. The molecule has 3 fully saturated rings. The summed E-state index contributed by atoms with van der Waals surface area (Å²) < 4.78 is 17.3. The molecule has 2 amide bonds. The van der Waals surface area contributed by atoms with Gasteiger partial charge in [0.1, 0.15) is 11.5 Å². The molecule has 0 aliphatic carbocycles. The summed E-state index contributed by atoms with van der Waals surface area (Å²) >= 11 is 0. The first-order valence-corrected chi connectivity index (χ1v) is 10.4. The van der Waals surface area contributed by atoms with Gasteiger partial charge in [-0.3, -0.25) is 14.5 Å². The third-order valence-corrected chi connectivity index (χ3v) is 6.01. The highest BCUT2D eigenvalue weighted by Gasteiger charge is 2.47. The van der Waals surface area contributed by atoms with Gasteiger partial charge in [-0.1, -0.05) is 18.2 Å². The number of carbonyl (C=O) groups is 2. The van der Waals surface area contributed by atoms with Crippen LogP contribution in [0.2, 0.25) is 0 Å². The topological polar surface area (TPSA) is 68.3 Å². The molecule has 0 aromatic heterocycles. The average molecular weight is 408 g/mol. The number of hydrogen-bond donors (Lipinski definition) is 0. The van der Waals surface area contributed by atoms with Crippen molar-refractivity contribution in [1.82, 2.24) is 4.90 Å². The molecule has 7 nitrogen and oxygen atoms in total. The molecule has 7 heteroatoms. The van der Waals surface area contributed by atoms with Crippen molar-refractivity contribution >= 4 is 17.5 Å². The van der Waals surface area contributed by atoms with E-state index in [2.05, 4.69) is 4.90 Å². The molecule has 0 saturated carbocycles. The molecule has 3 saturated heterocycles. The van der Waals surface area contributed by atoms with Gasteiger partial charge in [0.2, 0.25) is 5.91 Å². The third kappa shape index (κ3) is 3.60. The monoisotopic (exact) mass is 408 g/mol. The van der Waals surface area contributed by atoms with E-state index in [9.17, 15) is 9.59 Å². The fourth-order valence-electron chi connectivity index (χ4n) is 4.42. The number of carbonyl (C=O) groups excluding carboxylic acids is 2. The lowest BCUT2D eigenvalue weighted by Crippen LogP contribution is -2.51. The maximum atomic E-state index is 13.1. The number of anilines is 1. The van der Waals surface area contributed by atoms with Crippen LogP contribution in [-0.4, -0.2) is 54.8 Å². The average Bonchev–Trinajstić information content (AvgIpc) is 3.34. The number of likely N-dealkylation sites (tertiary alicyclic amines) is 1. The van der Waals surface area contributed by atoms with Crippen LogP contribution in [0, 0.1) is 0 Å². The minimum Gasteiger partial charge on any atom is -0.457 e. The normalized spacial score (nSPS) is 24.0. The Morgan fingerprint density at radius 1 is 0.867 bits per heavy atom. The second-order valence-electron chi connectivity index (χ2n) is 7.84. The van der Waals surface area contributed by atoms with E-state index in [-0.39, 0.29) is 18.2 Å². The summed E-state index contributed by atoms with van der Waals surface area (Å²) in [6.07, 6.45) is 1.64. The SMILES string of the molecule is O=C1CC(N2CCC3(CC2)OCCO3)C(=O)N1c1ccc(Oc2ccccc2)cc1. The zero-order valence-corrected chi connectivity index (χ0v) is 16.7. The van der Waals surface area contributed by atoms with Crippen molar-refractivity contribution in [3.63, 3.8) is 0 Å². The number of rotatable bonds is 4. The Morgan fingerprint density at radius 3 is 2.17 bits per heavy atom. The molecule has 0 bridgehead atoms. The largest absolute Gasteiger partial charge is 0.457 e. The predicted molar refractivity (Wildman–Crippen MR) is 109 cm³/mol. The first-order valence-electron chi connectivity index (χ1n) is 10.4. The molecule has 3 heterocycles. The molecular weight excluding hydrogens is 384 g/mol. The minimum atomic E-state index is -0.490. The van der Waals surface area contributed by atoms with Gasteiger partial charge in [0.05, 0.1) is 31.4 Å². The van der Waals surface area contributed by atoms with Crippen molar-refractivity contribution in [3.05, 3.63) is 54.6 Å². The van der Waals surface area contributed by atoms with Crippen LogP contribution in [0.4, 0.5) is 5.69 Å². The first-order chi connectivity index (χ1) is 14.6. The van der Waals surface area contributed by atoms with Crippen LogP contribution in [0.25, 0.3) is 0 Å². The van der Waals surface area contributed by atoms with Gasteiger partial charge in [-0.2, -0.15) is 0 Å². The van der Waals surface area contributed by atoms with Gasteiger partial charge < -0.3 is 14.2 Å². The van der Waals surface area contributed by atoms with Gasteiger partial charge in [-0.05, 0) is 36.4 Å². The summed E-state index contributed by atoms with van der Waals surface area (Å²) in [5.41, 5.74) is 0.573. The number of para-hydroxylation sites is 1. The van der Waals surface area contributed by atoms with E-state index in [1.807, 2.05) is 30.3 Å². The molecule has 1 atom stereocenters. The van der Waals surface area contributed by atoms with E-state index in [0.29, 0.717) is 37.7 Å². The molecule has 0 radical (unpaired) electrons. The second-order valence-corrected chi connectivity index (χ2v) is 7.84. The Bertz CT molecular complexity index is 914. The summed E-state index contributed by atoms with van der Waals surface area (Å²) in [6.45, 7) is 2.61. The van der Waals surface area contributed by atoms with Crippen LogP contribution in [0.5, 0.6) is 11.5 Å². The zero-order valence-electron chi connectivity index (χ0n) is 16.7. The third-order valence-electron chi connectivity index (χ3n) is 6.01. The minimum absolute atomic E-state index is 0.166. The molecule has 1 unspecified atom stereocenters. The Balaban J connectivity index is 1.25. The predicted octanol–water partition coefficient (Wildman–Crippen LogP) is 2.95. The van der Waals surface area contributed by atoms with Crippen molar-refractivity contribution in [1.29, 1.82) is 0 Å². The molecule has 3 aliphatic rings. The number of imide groups is 1. The smallest absolute Gasteiger partial charge is 0.251 e. The molecule has 2 aromatic carbocycles. The van der Waals surface area contributed by atoms with Gasteiger partial charge in [0.25, 0.3) is 5.91 Å². The van der Waals surface area contributed by atoms with Crippen molar-refractivity contribution in [2.24, 2.45) is 0 Å². The number of piperidine rings is 1. The summed E-state index contributed by atoms with van der Waals surface area (Å²) in [5, 5.41) is 0. The van der Waals surface area contributed by atoms with E-state index < -0.39 is 11.8 Å². The fraction of sp³-hybridized carbons (Fsp3) is 0.391. The highest BCUT2D eigenvalue weighted by atomic mass is 16.7. The first kappa shape index (κ1) is 19.2. The quantitative estimate of drug-likeness (QED) is 0.725. The molecule has 1 spiro atoms. The number of benzene rings is 2. The lowest BCUT2D eigenvalue weighted by Gasteiger charge is -2.39. The molecule has 2 aromatic rings. The van der Waals surface area contributed by atoms with Gasteiger partial charge in [0.15, 0.2) is 5.79 Å². The Kier molecular flexibility index (Phi) is 5.02. The van der Waals surface area contributed by atoms with Crippen molar-refractivity contribution in [2.45, 2.75) is 31.1 Å². The maximum absolute atomic E-state index is 13.1. The molecule has 156 valence electrons. The van der Waals surface area contributed by atoms with Crippen LogP contribution in [0.1, 0.15) is 19.3 Å². The van der Waals surface area contributed by atoms with Crippen molar-refractivity contribution < 1.29 is 23.8 Å².